The highest BCUT2D eigenvalue weighted by atomic mass is 16.4. The summed E-state index contributed by atoms with van der Waals surface area (Å²) in [7, 11) is 0. The van der Waals surface area contributed by atoms with Crippen molar-refractivity contribution in [2.45, 2.75) is 18.3 Å². The number of hydrogen-bond acceptors (Lipinski definition) is 4. The van der Waals surface area contributed by atoms with Crippen molar-refractivity contribution in [3.8, 4) is 0 Å². The first-order chi connectivity index (χ1) is 12.2. The average Bonchev–Trinajstić information content (AvgIpc) is 3.41. The van der Waals surface area contributed by atoms with E-state index in [-0.39, 0.29) is 23.1 Å². The minimum atomic E-state index is -0.323. The van der Waals surface area contributed by atoms with E-state index in [9.17, 15) is 9.59 Å². The molecule has 25 heavy (non-hydrogen) atoms. The lowest BCUT2D eigenvalue weighted by Gasteiger charge is -2.03. The molecule has 0 bridgehead atoms. The maximum absolute atomic E-state index is 12.3. The van der Waals surface area contributed by atoms with Crippen LogP contribution in [0.15, 0.2) is 79.1 Å². The summed E-state index contributed by atoms with van der Waals surface area (Å²) in [5, 5.41) is 1.79. The molecule has 2 atom stereocenters. The zero-order valence-corrected chi connectivity index (χ0v) is 13.3. The molecule has 0 amide bonds. The van der Waals surface area contributed by atoms with Crippen LogP contribution in [0.4, 0.5) is 0 Å². The molecule has 2 unspecified atom stereocenters. The molecule has 4 aromatic rings. The van der Waals surface area contributed by atoms with E-state index in [0.717, 1.165) is 17.2 Å². The van der Waals surface area contributed by atoms with E-state index in [1.165, 1.54) is 0 Å². The lowest BCUT2D eigenvalue weighted by atomic mass is 10.0. The SMILES string of the molecule is O=c1oc2ccccc2cc1C1CC1c1cc2ccccc2oc1=O. The van der Waals surface area contributed by atoms with Crippen LogP contribution in [0.5, 0.6) is 0 Å². The van der Waals surface area contributed by atoms with Gasteiger partial charge in [0.15, 0.2) is 0 Å². The molecule has 0 N–H and O–H groups in total. The summed E-state index contributed by atoms with van der Waals surface area (Å²) in [4.78, 5) is 24.6. The fourth-order valence-electron chi connectivity index (χ4n) is 3.56. The first-order valence-electron chi connectivity index (χ1n) is 8.26. The van der Waals surface area contributed by atoms with E-state index in [2.05, 4.69) is 0 Å². The second-order valence-electron chi connectivity index (χ2n) is 6.50. The Hall–Kier alpha value is -3.14. The second-order valence-corrected chi connectivity index (χ2v) is 6.50. The summed E-state index contributed by atoms with van der Waals surface area (Å²) in [6, 6.07) is 18.7. The molecule has 0 spiro atoms. The van der Waals surface area contributed by atoms with Crippen molar-refractivity contribution in [1.29, 1.82) is 0 Å². The quantitative estimate of drug-likeness (QED) is 0.518. The summed E-state index contributed by atoms with van der Waals surface area (Å²) in [6.45, 7) is 0. The Morgan fingerprint density at radius 1 is 0.680 bits per heavy atom. The van der Waals surface area contributed by atoms with Gasteiger partial charge in [0.2, 0.25) is 0 Å². The van der Waals surface area contributed by atoms with E-state index >= 15 is 0 Å². The summed E-state index contributed by atoms with van der Waals surface area (Å²) in [6.07, 6.45) is 0.756. The second kappa shape index (κ2) is 5.18. The van der Waals surface area contributed by atoms with Crippen molar-refractivity contribution in [2.24, 2.45) is 0 Å². The number of rotatable bonds is 2. The number of fused-ring (bicyclic) bond motifs is 2. The Labute approximate surface area is 142 Å². The van der Waals surface area contributed by atoms with Gasteiger partial charge in [-0.2, -0.15) is 0 Å². The van der Waals surface area contributed by atoms with Crippen LogP contribution in [0.2, 0.25) is 0 Å². The van der Waals surface area contributed by atoms with E-state index in [4.69, 9.17) is 8.83 Å². The highest BCUT2D eigenvalue weighted by molar-refractivity contribution is 5.78. The Morgan fingerprint density at radius 3 is 1.60 bits per heavy atom. The molecule has 122 valence electrons. The van der Waals surface area contributed by atoms with Crippen LogP contribution in [0.25, 0.3) is 21.9 Å². The third-order valence-corrected chi connectivity index (χ3v) is 4.93. The van der Waals surface area contributed by atoms with Gasteiger partial charge in [0.25, 0.3) is 0 Å². The monoisotopic (exact) mass is 330 g/mol. The zero-order chi connectivity index (χ0) is 17.0. The fraction of sp³-hybridized carbons (Fsp3) is 0.143. The normalized spacial score (nSPS) is 19.4. The lowest BCUT2D eigenvalue weighted by Crippen LogP contribution is -2.09. The highest BCUT2D eigenvalue weighted by Crippen LogP contribution is 2.53. The maximum atomic E-state index is 12.3. The number of hydrogen-bond donors (Lipinski definition) is 0. The van der Waals surface area contributed by atoms with Crippen LogP contribution in [-0.4, -0.2) is 0 Å². The molecule has 0 saturated heterocycles. The van der Waals surface area contributed by atoms with E-state index in [1.54, 1.807) is 12.1 Å². The molecular weight excluding hydrogens is 316 g/mol. The molecular formula is C21H14O4. The molecule has 4 nitrogen and oxygen atoms in total. The van der Waals surface area contributed by atoms with Crippen LogP contribution in [0, 0.1) is 0 Å². The van der Waals surface area contributed by atoms with E-state index in [1.807, 2.05) is 48.5 Å². The Morgan fingerprint density at radius 2 is 1.12 bits per heavy atom. The minimum Gasteiger partial charge on any atom is -0.423 e. The maximum Gasteiger partial charge on any atom is 0.339 e. The molecule has 2 aromatic heterocycles. The van der Waals surface area contributed by atoms with Gasteiger partial charge in [0.1, 0.15) is 11.2 Å². The lowest BCUT2D eigenvalue weighted by molar-refractivity contribution is 0.544. The van der Waals surface area contributed by atoms with Crippen LogP contribution >= 0.6 is 0 Å². The Kier molecular flexibility index (Phi) is 2.95. The standard InChI is InChI=1S/C21H14O4/c22-20-16(9-12-5-1-3-7-18(12)24-20)14-11-15(14)17-10-13-6-2-4-8-19(13)25-21(17)23/h1-10,14-15H,11H2. The minimum absolute atomic E-state index is 0.00455. The van der Waals surface area contributed by atoms with Gasteiger partial charge in [-0.25, -0.2) is 9.59 Å². The first-order valence-corrected chi connectivity index (χ1v) is 8.26. The Balaban J connectivity index is 1.58. The molecule has 0 aliphatic heterocycles. The largest absolute Gasteiger partial charge is 0.423 e. The molecule has 1 saturated carbocycles. The summed E-state index contributed by atoms with van der Waals surface area (Å²) >= 11 is 0. The molecule has 2 aromatic carbocycles. The van der Waals surface area contributed by atoms with Crippen molar-refractivity contribution in [2.75, 3.05) is 0 Å². The molecule has 1 fully saturated rings. The number of para-hydroxylation sites is 2. The zero-order valence-electron chi connectivity index (χ0n) is 13.3. The van der Waals surface area contributed by atoms with Crippen molar-refractivity contribution in [3.05, 3.63) is 92.6 Å². The highest BCUT2D eigenvalue weighted by Gasteiger charge is 2.43. The smallest absolute Gasteiger partial charge is 0.339 e. The van der Waals surface area contributed by atoms with Crippen LogP contribution in [0.3, 0.4) is 0 Å². The molecule has 1 aliphatic carbocycles. The van der Waals surface area contributed by atoms with Gasteiger partial charge in [0, 0.05) is 21.9 Å². The van der Waals surface area contributed by atoms with Crippen LogP contribution in [-0.2, 0) is 0 Å². The number of benzene rings is 2. The third kappa shape index (κ3) is 2.30. The van der Waals surface area contributed by atoms with Gasteiger partial charge >= 0.3 is 11.3 Å². The van der Waals surface area contributed by atoms with Crippen LogP contribution in [0.1, 0.15) is 29.4 Å². The van der Waals surface area contributed by atoms with Crippen molar-refractivity contribution in [1.82, 2.24) is 0 Å². The summed E-state index contributed by atoms with van der Waals surface area (Å²) < 4.78 is 10.8. The first kappa shape index (κ1) is 14.2. The fourth-order valence-corrected chi connectivity index (χ4v) is 3.56. The summed E-state index contributed by atoms with van der Waals surface area (Å²) in [5.41, 5.74) is 1.79. The van der Waals surface area contributed by atoms with Crippen molar-refractivity contribution in [3.63, 3.8) is 0 Å². The molecule has 2 heterocycles. The molecule has 4 heteroatoms. The van der Waals surface area contributed by atoms with E-state index in [0.29, 0.717) is 22.3 Å². The predicted molar refractivity (Wildman–Crippen MR) is 95.1 cm³/mol. The van der Waals surface area contributed by atoms with Gasteiger partial charge in [-0.3, -0.25) is 0 Å². The topological polar surface area (TPSA) is 60.4 Å². The van der Waals surface area contributed by atoms with Crippen molar-refractivity contribution < 1.29 is 8.83 Å². The summed E-state index contributed by atoms with van der Waals surface area (Å²) in [5.74, 6) is 0.00911. The molecule has 0 radical (unpaired) electrons. The van der Waals surface area contributed by atoms with Gasteiger partial charge < -0.3 is 8.83 Å². The van der Waals surface area contributed by atoms with Gasteiger partial charge in [-0.15, -0.1) is 0 Å². The Bertz CT molecular complexity index is 1130. The van der Waals surface area contributed by atoms with Gasteiger partial charge in [0.05, 0.1) is 0 Å². The average molecular weight is 330 g/mol. The van der Waals surface area contributed by atoms with Gasteiger partial charge in [-0.05, 0) is 42.5 Å². The molecule has 1 aliphatic rings. The predicted octanol–water partition coefficient (Wildman–Crippen LogP) is 4.17. The van der Waals surface area contributed by atoms with Gasteiger partial charge in [-0.1, -0.05) is 36.4 Å². The van der Waals surface area contributed by atoms with Crippen molar-refractivity contribution >= 4 is 21.9 Å². The van der Waals surface area contributed by atoms with E-state index < -0.39 is 0 Å². The molecule has 5 rings (SSSR count). The third-order valence-electron chi connectivity index (χ3n) is 4.93. The van der Waals surface area contributed by atoms with Crippen LogP contribution < -0.4 is 11.3 Å².